The van der Waals surface area contributed by atoms with E-state index in [1.54, 1.807) is 12.3 Å². The molecule has 11 rings (SSSR count). The monoisotopic (exact) mass is 1170 g/mol. The number of phenols is 2. The van der Waals surface area contributed by atoms with Crippen LogP contribution < -0.4 is 0 Å². The SMILES string of the molecule is CC(C)Cc1ccc2c(c1)c1cc(CC(C)C)ccc1n2-c1ccc(-c2cc(-c3ccccc3)cc(C=Nc3cccc4c(-n5c6ccc(CC(C)C)cc6c6cc(CC(C)C)ccc65)ccc(O)c34)n2)c(O)c1.[Pt]. The zero-order chi connectivity index (χ0) is 51.4. The van der Waals surface area contributed by atoms with E-state index in [1.807, 2.05) is 60.7 Å². The summed E-state index contributed by atoms with van der Waals surface area (Å²) in [5.41, 5.74) is 16.1. The smallest absolute Gasteiger partial charge is 0.127 e. The molecule has 0 spiro atoms. The second-order valence-corrected chi connectivity index (χ2v) is 22.3. The molecule has 0 radical (unpaired) electrons. The number of pyridine rings is 1. The Labute approximate surface area is 455 Å². The van der Waals surface area contributed by atoms with E-state index in [2.05, 4.69) is 162 Å². The van der Waals surface area contributed by atoms with Crippen LogP contribution in [0.15, 0.2) is 169 Å². The molecule has 0 fully saturated rings. The van der Waals surface area contributed by atoms with E-state index in [0.29, 0.717) is 51.7 Å². The van der Waals surface area contributed by atoms with E-state index in [0.717, 1.165) is 75.6 Å². The van der Waals surface area contributed by atoms with Crippen molar-refractivity contribution in [1.82, 2.24) is 14.1 Å². The number of phenolic OH excluding ortho intramolecular Hbond substituents is 2. The Morgan fingerprint density at radius 1 is 0.453 bits per heavy atom. The molecule has 0 saturated carbocycles. The molecule has 0 amide bonds. The van der Waals surface area contributed by atoms with Crippen LogP contribution >= 0.6 is 0 Å². The molecule has 8 aromatic carbocycles. The molecule has 0 unspecified atom stereocenters. The minimum atomic E-state index is 0. The Balaban J connectivity index is 0.00000641. The number of nitrogens with zero attached hydrogens (tertiary/aromatic N) is 4. The van der Waals surface area contributed by atoms with Gasteiger partial charge in [-0.05, 0) is 174 Å². The van der Waals surface area contributed by atoms with Crippen molar-refractivity contribution in [1.29, 1.82) is 0 Å². The molecule has 75 heavy (non-hydrogen) atoms. The molecule has 0 bridgehead atoms. The summed E-state index contributed by atoms with van der Waals surface area (Å²) < 4.78 is 4.62. The van der Waals surface area contributed by atoms with Gasteiger partial charge >= 0.3 is 0 Å². The molecule has 11 aromatic rings. The Hall–Kier alpha value is -7.27. The number of benzene rings is 8. The number of aliphatic imine (C=N–C) groups is 1. The van der Waals surface area contributed by atoms with E-state index in [1.165, 1.54) is 43.8 Å². The van der Waals surface area contributed by atoms with E-state index >= 15 is 0 Å². The van der Waals surface area contributed by atoms with Gasteiger partial charge in [-0.1, -0.05) is 122 Å². The number of fused-ring (bicyclic) bond motifs is 7. The van der Waals surface area contributed by atoms with Gasteiger partial charge in [-0.2, -0.15) is 0 Å². The zero-order valence-electron chi connectivity index (χ0n) is 44.3. The first-order valence-electron chi connectivity index (χ1n) is 26.6. The van der Waals surface area contributed by atoms with Crippen molar-refractivity contribution in [2.24, 2.45) is 28.7 Å². The summed E-state index contributed by atoms with van der Waals surface area (Å²) in [5, 5.41) is 30.3. The third-order valence-electron chi connectivity index (χ3n) is 14.4. The van der Waals surface area contributed by atoms with Crippen molar-refractivity contribution in [2.45, 2.75) is 81.1 Å². The molecule has 3 aromatic heterocycles. The van der Waals surface area contributed by atoms with Gasteiger partial charge in [0.15, 0.2) is 0 Å². The van der Waals surface area contributed by atoms with Crippen LogP contribution in [0.25, 0.3) is 88.1 Å². The average Bonchev–Trinajstić information content (AvgIpc) is 3.86. The van der Waals surface area contributed by atoms with E-state index in [9.17, 15) is 10.2 Å². The third kappa shape index (κ3) is 10.2. The normalized spacial score (nSPS) is 12.1. The summed E-state index contributed by atoms with van der Waals surface area (Å²) in [6.45, 7) is 18.2. The standard InChI is InChI=1S/C68H66N4O2.Pt/c1-41(2)29-45-17-23-62-55(33-45)56-34-46(30-42(3)4)18-24-63(56)71(62)52-21-22-53(67(74)39-52)60-38-50(49-13-10-9-11-14-49)37-51(70-60)40-69-59-16-12-15-54-61(27-28-66(73)68(54)59)72-64-25-19-47(31-43(5)6)35-57(64)58-36-48(32-44(7)8)20-26-65(58)72;/h9-28,33-44,73-74H,29-32H2,1-8H3;. The minimum Gasteiger partial charge on any atom is -0.507 e. The maximum atomic E-state index is 12.1. The van der Waals surface area contributed by atoms with Crippen LogP contribution in [0.1, 0.15) is 83.3 Å². The zero-order valence-corrected chi connectivity index (χ0v) is 46.6. The number of aromatic hydroxyl groups is 2. The largest absolute Gasteiger partial charge is 0.507 e. The molecule has 0 atom stereocenters. The fourth-order valence-electron chi connectivity index (χ4n) is 11.4. The Kier molecular flexibility index (Phi) is 14.5. The number of hydrogen-bond acceptors (Lipinski definition) is 4. The van der Waals surface area contributed by atoms with Gasteiger partial charge in [0, 0.05) is 65.3 Å². The van der Waals surface area contributed by atoms with Gasteiger partial charge in [-0.15, -0.1) is 0 Å². The predicted molar refractivity (Wildman–Crippen MR) is 312 cm³/mol. The minimum absolute atomic E-state index is 0. The van der Waals surface area contributed by atoms with Gasteiger partial charge in [-0.25, -0.2) is 4.98 Å². The summed E-state index contributed by atoms with van der Waals surface area (Å²) in [6.07, 6.45) is 5.82. The van der Waals surface area contributed by atoms with Crippen molar-refractivity contribution >= 4 is 66.3 Å². The molecular formula is C68H66N4O2Pt. The van der Waals surface area contributed by atoms with Crippen LogP contribution in [0.5, 0.6) is 11.5 Å². The predicted octanol–water partition coefficient (Wildman–Crippen LogP) is 17.7. The van der Waals surface area contributed by atoms with Crippen LogP contribution in [0.4, 0.5) is 5.69 Å². The first-order chi connectivity index (χ1) is 35.8. The quantitative estimate of drug-likeness (QED) is 0.107. The van der Waals surface area contributed by atoms with Crippen LogP contribution in [0, 0.1) is 23.7 Å². The van der Waals surface area contributed by atoms with Crippen molar-refractivity contribution < 1.29 is 31.3 Å². The van der Waals surface area contributed by atoms with Gasteiger partial charge in [-0.3, -0.25) is 4.99 Å². The molecule has 0 aliphatic rings. The van der Waals surface area contributed by atoms with Gasteiger partial charge < -0.3 is 19.3 Å². The molecular weight excluding hydrogens is 1100 g/mol. The summed E-state index contributed by atoms with van der Waals surface area (Å²) in [4.78, 5) is 10.3. The van der Waals surface area contributed by atoms with Crippen LogP contribution in [-0.2, 0) is 46.7 Å². The molecule has 380 valence electrons. The second kappa shape index (κ2) is 21.2. The van der Waals surface area contributed by atoms with Gasteiger partial charge in [0.2, 0.25) is 0 Å². The van der Waals surface area contributed by atoms with Crippen molar-refractivity contribution in [3.8, 4) is 45.3 Å². The Bertz CT molecular complexity index is 3820. The van der Waals surface area contributed by atoms with E-state index in [4.69, 9.17) is 9.98 Å². The summed E-state index contributed by atoms with van der Waals surface area (Å²) >= 11 is 0. The fourth-order valence-corrected chi connectivity index (χ4v) is 11.4. The average molecular weight is 1170 g/mol. The fraction of sp³-hybridized carbons (Fsp3) is 0.235. The molecule has 0 saturated heterocycles. The topological polar surface area (TPSA) is 75.6 Å². The first-order valence-corrected chi connectivity index (χ1v) is 26.6. The van der Waals surface area contributed by atoms with E-state index in [-0.39, 0.29) is 32.6 Å². The second-order valence-electron chi connectivity index (χ2n) is 22.3. The first kappa shape index (κ1) is 51.2. The molecule has 7 heteroatoms. The molecule has 6 nitrogen and oxygen atoms in total. The third-order valence-corrected chi connectivity index (χ3v) is 14.4. The van der Waals surface area contributed by atoms with Gasteiger partial charge in [0.1, 0.15) is 11.5 Å². The maximum Gasteiger partial charge on any atom is 0.127 e. The summed E-state index contributed by atoms with van der Waals surface area (Å²) in [7, 11) is 0. The summed E-state index contributed by atoms with van der Waals surface area (Å²) in [5.74, 6) is 2.48. The summed E-state index contributed by atoms with van der Waals surface area (Å²) in [6, 6.07) is 57.6. The molecule has 0 aliphatic carbocycles. The number of hydrogen-bond donors (Lipinski definition) is 2. The van der Waals surface area contributed by atoms with Gasteiger partial charge in [0.05, 0.1) is 56.4 Å². The maximum absolute atomic E-state index is 12.1. The molecule has 3 heterocycles. The van der Waals surface area contributed by atoms with Crippen molar-refractivity contribution in [2.75, 3.05) is 0 Å². The molecule has 0 aliphatic heterocycles. The van der Waals surface area contributed by atoms with Crippen LogP contribution in [0.2, 0.25) is 0 Å². The molecule has 2 N–H and O–H groups in total. The number of rotatable bonds is 14. The van der Waals surface area contributed by atoms with Crippen LogP contribution in [0.3, 0.4) is 0 Å². The van der Waals surface area contributed by atoms with Crippen molar-refractivity contribution in [3.05, 3.63) is 192 Å². The van der Waals surface area contributed by atoms with E-state index < -0.39 is 0 Å². The van der Waals surface area contributed by atoms with Gasteiger partial charge in [0.25, 0.3) is 0 Å². The Morgan fingerprint density at radius 2 is 0.960 bits per heavy atom. The van der Waals surface area contributed by atoms with Crippen LogP contribution in [-0.4, -0.2) is 30.5 Å². The Morgan fingerprint density at radius 3 is 1.45 bits per heavy atom. The van der Waals surface area contributed by atoms with Crippen molar-refractivity contribution in [3.63, 3.8) is 0 Å². The number of aromatic nitrogens is 3.